The normalized spacial score (nSPS) is 11.2. The number of benzene rings is 2. The molecule has 0 unspecified atom stereocenters. The summed E-state index contributed by atoms with van der Waals surface area (Å²) in [6.07, 6.45) is 0.737. The number of nitrogens with zero attached hydrogens (tertiary/aromatic N) is 3. The number of fused-ring (bicyclic) bond motifs is 2. The minimum atomic E-state index is -0.302. The number of methoxy groups -OCH3 is 2. The number of para-hydroxylation sites is 3. The van der Waals surface area contributed by atoms with Crippen LogP contribution in [0, 0.1) is 0 Å². The zero-order valence-electron chi connectivity index (χ0n) is 17.6. The van der Waals surface area contributed by atoms with Crippen LogP contribution in [0.25, 0.3) is 22.2 Å². The maximum atomic E-state index is 13.2. The van der Waals surface area contributed by atoms with Crippen LogP contribution < -0.4 is 15.8 Å². The first-order chi connectivity index (χ1) is 15.1. The van der Waals surface area contributed by atoms with Crippen molar-refractivity contribution < 1.29 is 14.3 Å². The molecule has 31 heavy (non-hydrogen) atoms. The van der Waals surface area contributed by atoms with E-state index in [0.29, 0.717) is 53.5 Å². The zero-order valence-corrected chi connectivity index (χ0v) is 17.6. The Morgan fingerprint density at radius 3 is 2.52 bits per heavy atom. The molecule has 0 spiro atoms. The third-order valence-corrected chi connectivity index (χ3v) is 5.18. The van der Waals surface area contributed by atoms with Crippen LogP contribution in [0.1, 0.15) is 22.3 Å². The minimum absolute atomic E-state index is 0.302. The van der Waals surface area contributed by atoms with E-state index in [1.807, 2.05) is 53.1 Å². The predicted octanol–water partition coefficient (Wildman–Crippen LogP) is 3.14. The van der Waals surface area contributed by atoms with Gasteiger partial charge in [-0.3, -0.25) is 4.79 Å². The van der Waals surface area contributed by atoms with E-state index in [1.54, 1.807) is 14.2 Å². The molecule has 8 nitrogen and oxygen atoms in total. The quantitative estimate of drug-likeness (QED) is 0.425. The highest BCUT2D eigenvalue weighted by Gasteiger charge is 2.24. The van der Waals surface area contributed by atoms with Crippen LogP contribution in [0.5, 0.6) is 5.75 Å². The first kappa shape index (κ1) is 20.6. The van der Waals surface area contributed by atoms with Gasteiger partial charge < -0.3 is 25.1 Å². The lowest BCUT2D eigenvalue weighted by molar-refractivity contribution is 0.0953. The minimum Gasteiger partial charge on any atom is -0.496 e. The first-order valence-electron chi connectivity index (χ1n) is 10.1. The number of rotatable bonds is 8. The molecule has 2 heterocycles. The molecule has 0 bridgehead atoms. The van der Waals surface area contributed by atoms with Gasteiger partial charge in [-0.25, -0.2) is 9.97 Å². The molecule has 3 N–H and O–H groups in total. The summed E-state index contributed by atoms with van der Waals surface area (Å²) in [4.78, 5) is 22.7. The van der Waals surface area contributed by atoms with Crippen molar-refractivity contribution in [2.24, 2.45) is 0 Å². The Bertz CT molecular complexity index is 1230. The molecule has 0 aliphatic rings. The highest BCUT2D eigenvalue weighted by Crippen LogP contribution is 2.28. The molecule has 4 aromatic rings. The van der Waals surface area contributed by atoms with E-state index in [1.165, 1.54) is 0 Å². The molecule has 8 heteroatoms. The van der Waals surface area contributed by atoms with E-state index < -0.39 is 0 Å². The standard InChI is InChI=1S/C23H25N5O3/c1-30-13-7-12-28-21(24)19(20-22(28)27-17-10-5-4-9-16(17)26-20)23(29)25-14-15-8-3-6-11-18(15)31-2/h3-6,8-11H,7,12-14,24H2,1-2H3,(H,25,29). The summed E-state index contributed by atoms with van der Waals surface area (Å²) >= 11 is 0. The molecular weight excluding hydrogens is 394 g/mol. The maximum Gasteiger partial charge on any atom is 0.257 e. The Hall–Kier alpha value is -3.65. The van der Waals surface area contributed by atoms with E-state index in [0.717, 1.165) is 17.5 Å². The fraction of sp³-hybridized carbons (Fsp3) is 0.261. The van der Waals surface area contributed by atoms with Crippen molar-refractivity contribution in [2.75, 3.05) is 26.6 Å². The van der Waals surface area contributed by atoms with Crippen molar-refractivity contribution in [3.05, 3.63) is 59.7 Å². The number of ether oxygens (including phenoxy) is 2. The summed E-state index contributed by atoms with van der Waals surface area (Å²) in [6, 6.07) is 15.1. The second kappa shape index (κ2) is 9.01. The summed E-state index contributed by atoms with van der Waals surface area (Å²) in [5, 5.41) is 2.95. The molecular formula is C23H25N5O3. The monoisotopic (exact) mass is 419 g/mol. The summed E-state index contributed by atoms with van der Waals surface area (Å²) < 4.78 is 12.4. The molecule has 2 aromatic heterocycles. The van der Waals surface area contributed by atoms with Gasteiger partial charge in [0.2, 0.25) is 0 Å². The molecule has 4 rings (SSSR count). The summed E-state index contributed by atoms with van der Waals surface area (Å²) in [6.45, 7) is 1.46. The van der Waals surface area contributed by atoms with Gasteiger partial charge in [0.1, 0.15) is 22.6 Å². The number of amides is 1. The van der Waals surface area contributed by atoms with Gasteiger partial charge in [0.05, 0.1) is 18.1 Å². The Labute approximate surface area is 180 Å². The third-order valence-electron chi connectivity index (χ3n) is 5.18. The largest absolute Gasteiger partial charge is 0.496 e. The van der Waals surface area contributed by atoms with Gasteiger partial charge in [-0.2, -0.15) is 0 Å². The van der Waals surface area contributed by atoms with E-state index in [4.69, 9.17) is 25.2 Å². The number of nitrogens with two attached hydrogens (primary N) is 1. The van der Waals surface area contributed by atoms with E-state index >= 15 is 0 Å². The molecule has 0 atom stereocenters. The van der Waals surface area contributed by atoms with Crippen molar-refractivity contribution in [3.63, 3.8) is 0 Å². The van der Waals surface area contributed by atoms with Crippen LogP contribution >= 0.6 is 0 Å². The van der Waals surface area contributed by atoms with Gasteiger partial charge in [-0.05, 0) is 24.6 Å². The number of aryl methyl sites for hydroxylation is 1. The summed E-state index contributed by atoms with van der Waals surface area (Å²) in [5.41, 5.74) is 10.2. The number of hydrogen-bond donors (Lipinski definition) is 2. The zero-order chi connectivity index (χ0) is 21.8. The third kappa shape index (κ3) is 4.02. The Kier molecular flexibility index (Phi) is 5.99. The van der Waals surface area contributed by atoms with Crippen molar-refractivity contribution in [2.45, 2.75) is 19.5 Å². The molecule has 0 aliphatic carbocycles. The van der Waals surface area contributed by atoms with Crippen LogP contribution in [0.15, 0.2) is 48.5 Å². The lowest BCUT2D eigenvalue weighted by atomic mass is 10.2. The molecule has 0 saturated heterocycles. The van der Waals surface area contributed by atoms with Gasteiger partial charge in [-0.1, -0.05) is 30.3 Å². The Morgan fingerprint density at radius 2 is 1.77 bits per heavy atom. The Balaban J connectivity index is 1.73. The first-order valence-corrected chi connectivity index (χ1v) is 10.1. The van der Waals surface area contributed by atoms with Crippen LogP contribution in [-0.2, 0) is 17.8 Å². The number of carbonyl (C=O) groups is 1. The maximum absolute atomic E-state index is 13.2. The van der Waals surface area contributed by atoms with Gasteiger partial charge in [0, 0.05) is 32.4 Å². The van der Waals surface area contributed by atoms with Crippen LogP contribution in [0.4, 0.5) is 5.82 Å². The second-order valence-electron chi connectivity index (χ2n) is 7.14. The molecule has 1 amide bonds. The Morgan fingerprint density at radius 1 is 1.06 bits per heavy atom. The highest BCUT2D eigenvalue weighted by atomic mass is 16.5. The van der Waals surface area contributed by atoms with Crippen molar-refractivity contribution in [1.29, 1.82) is 0 Å². The van der Waals surface area contributed by atoms with Crippen LogP contribution in [0.2, 0.25) is 0 Å². The van der Waals surface area contributed by atoms with E-state index in [-0.39, 0.29) is 5.91 Å². The fourth-order valence-corrected chi connectivity index (χ4v) is 3.65. The fourth-order valence-electron chi connectivity index (χ4n) is 3.65. The topological polar surface area (TPSA) is 104 Å². The predicted molar refractivity (Wildman–Crippen MR) is 120 cm³/mol. The van der Waals surface area contributed by atoms with Gasteiger partial charge >= 0.3 is 0 Å². The lowest BCUT2D eigenvalue weighted by Gasteiger charge is -2.10. The molecule has 0 aliphatic heterocycles. The highest BCUT2D eigenvalue weighted by molar-refractivity contribution is 6.10. The van der Waals surface area contributed by atoms with Gasteiger partial charge in [-0.15, -0.1) is 0 Å². The van der Waals surface area contributed by atoms with Crippen LogP contribution in [0.3, 0.4) is 0 Å². The van der Waals surface area contributed by atoms with E-state index in [9.17, 15) is 4.79 Å². The number of hydrogen-bond acceptors (Lipinski definition) is 6. The van der Waals surface area contributed by atoms with E-state index in [2.05, 4.69) is 5.32 Å². The van der Waals surface area contributed by atoms with Crippen molar-refractivity contribution in [1.82, 2.24) is 19.9 Å². The van der Waals surface area contributed by atoms with Crippen molar-refractivity contribution >= 4 is 33.9 Å². The van der Waals surface area contributed by atoms with Gasteiger partial charge in [0.25, 0.3) is 5.91 Å². The molecule has 0 radical (unpaired) electrons. The molecule has 160 valence electrons. The number of nitrogen functional groups attached to an aromatic ring is 1. The van der Waals surface area contributed by atoms with Crippen molar-refractivity contribution in [3.8, 4) is 5.75 Å². The lowest BCUT2D eigenvalue weighted by Crippen LogP contribution is -2.24. The number of nitrogens with one attached hydrogen (secondary N) is 1. The summed E-state index contributed by atoms with van der Waals surface area (Å²) in [7, 11) is 3.26. The average Bonchev–Trinajstić information content (AvgIpc) is 3.06. The summed E-state index contributed by atoms with van der Waals surface area (Å²) in [5.74, 6) is 0.756. The van der Waals surface area contributed by atoms with Gasteiger partial charge in [0.15, 0.2) is 5.65 Å². The second-order valence-corrected chi connectivity index (χ2v) is 7.14. The molecule has 0 saturated carbocycles. The number of anilines is 1. The smallest absolute Gasteiger partial charge is 0.257 e. The van der Waals surface area contributed by atoms with Crippen LogP contribution in [-0.4, -0.2) is 41.3 Å². The number of aromatic nitrogens is 3. The number of carbonyl (C=O) groups excluding carboxylic acids is 1. The SMILES string of the molecule is COCCCn1c(N)c(C(=O)NCc2ccccc2OC)c2nc3ccccc3nc21. The average molecular weight is 419 g/mol. The molecule has 0 fully saturated rings. The molecule has 2 aromatic carbocycles.